The summed E-state index contributed by atoms with van der Waals surface area (Å²) < 4.78 is 1.82. The van der Waals surface area contributed by atoms with Gasteiger partial charge in [-0.15, -0.1) is 0 Å². The Morgan fingerprint density at radius 1 is 1.08 bits per heavy atom. The zero-order chi connectivity index (χ0) is 17.1. The summed E-state index contributed by atoms with van der Waals surface area (Å²) in [6.45, 7) is 2.12. The van der Waals surface area contributed by atoms with Crippen LogP contribution in [0.25, 0.3) is 16.9 Å². The average molecular weight is 330 g/mol. The highest BCUT2D eigenvalue weighted by Gasteiger charge is 2.11. The fraction of sp³-hybridized carbons (Fsp3) is 0.158. The Morgan fingerprint density at radius 3 is 2.76 bits per heavy atom. The molecule has 0 aliphatic carbocycles. The van der Waals surface area contributed by atoms with E-state index in [1.54, 1.807) is 24.8 Å². The van der Waals surface area contributed by atoms with Gasteiger partial charge in [-0.3, -0.25) is 9.97 Å². The Balaban J connectivity index is 1.65. The summed E-state index contributed by atoms with van der Waals surface area (Å²) in [5.74, 6) is 0.908. The van der Waals surface area contributed by atoms with Crippen molar-refractivity contribution in [1.82, 2.24) is 24.6 Å². The first-order valence-corrected chi connectivity index (χ1v) is 8.21. The van der Waals surface area contributed by atoms with Gasteiger partial charge in [-0.25, -0.2) is 4.98 Å². The summed E-state index contributed by atoms with van der Waals surface area (Å²) in [6.07, 6.45) is 7.73. The van der Waals surface area contributed by atoms with Gasteiger partial charge in [0.1, 0.15) is 5.82 Å². The van der Waals surface area contributed by atoms with Gasteiger partial charge in [0.05, 0.1) is 17.6 Å². The van der Waals surface area contributed by atoms with Gasteiger partial charge in [-0.1, -0.05) is 30.3 Å². The van der Waals surface area contributed by atoms with Crippen molar-refractivity contribution in [1.29, 1.82) is 0 Å². The predicted octanol–water partition coefficient (Wildman–Crippen LogP) is 3.23. The number of nitrogens with zero attached hydrogens (tertiary/aromatic N) is 5. The molecule has 6 heteroatoms. The van der Waals surface area contributed by atoms with Gasteiger partial charge >= 0.3 is 0 Å². The van der Waals surface area contributed by atoms with Crippen LogP contribution in [0.15, 0.2) is 67.3 Å². The van der Waals surface area contributed by atoms with Gasteiger partial charge in [0, 0.05) is 48.7 Å². The quantitative estimate of drug-likeness (QED) is 0.608. The van der Waals surface area contributed by atoms with Crippen molar-refractivity contribution >= 4 is 11.5 Å². The molecule has 0 unspecified atom stereocenters. The Morgan fingerprint density at radius 2 is 1.96 bits per heavy atom. The van der Waals surface area contributed by atoms with Crippen LogP contribution in [-0.4, -0.2) is 30.6 Å². The maximum Gasteiger partial charge on any atom is 0.157 e. The second-order valence-electron chi connectivity index (χ2n) is 5.94. The Bertz CT molecular complexity index is 965. The van der Waals surface area contributed by atoms with E-state index in [1.807, 2.05) is 34.8 Å². The van der Waals surface area contributed by atoms with Crippen LogP contribution in [0.4, 0.5) is 5.82 Å². The van der Waals surface area contributed by atoms with Crippen LogP contribution in [0.5, 0.6) is 0 Å². The molecule has 0 saturated heterocycles. The number of rotatable bonds is 5. The molecule has 4 rings (SSSR count). The summed E-state index contributed by atoms with van der Waals surface area (Å²) in [6, 6.07) is 14.3. The number of hydrogen-bond acceptors (Lipinski definition) is 5. The lowest BCUT2D eigenvalue weighted by Crippen LogP contribution is -2.21. The first kappa shape index (κ1) is 15.3. The molecule has 0 aliphatic rings. The summed E-state index contributed by atoms with van der Waals surface area (Å²) >= 11 is 0. The Labute approximate surface area is 145 Å². The summed E-state index contributed by atoms with van der Waals surface area (Å²) in [4.78, 5) is 13.2. The van der Waals surface area contributed by atoms with E-state index >= 15 is 0 Å². The molecule has 124 valence electrons. The van der Waals surface area contributed by atoms with Gasteiger partial charge in [-0.05, 0) is 6.92 Å². The molecule has 3 heterocycles. The zero-order valence-corrected chi connectivity index (χ0v) is 13.9. The number of benzene rings is 1. The third-order valence-corrected chi connectivity index (χ3v) is 3.96. The highest BCUT2D eigenvalue weighted by Crippen LogP contribution is 2.22. The standard InChI is InChI=1S/C19H18N6/c1-14(11-16-13-20-9-10-21-16)23-19-12-17(15-5-3-2-4-6-15)24-18-7-8-22-25(18)19/h2-10,12-14,23H,11H2,1H3/t14-/m0/s1. The monoisotopic (exact) mass is 330 g/mol. The molecule has 4 aromatic rings. The van der Waals surface area contributed by atoms with E-state index in [4.69, 9.17) is 4.98 Å². The van der Waals surface area contributed by atoms with Gasteiger partial charge < -0.3 is 5.32 Å². The fourth-order valence-electron chi connectivity index (χ4n) is 2.83. The van der Waals surface area contributed by atoms with Gasteiger partial charge in [0.15, 0.2) is 5.65 Å². The Kier molecular flexibility index (Phi) is 4.08. The molecule has 1 N–H and O–H groups in total. The number of hydrogen-bond donors (Lipinski definition) is 1. The number of aromatic nitrogens is 5. The van der Waals surface area contributed by atoms with Crippen LogP contribution in [0, 0.1) is 0 Å². The summed E-state index contributed by atoms with van der Waals surface area (Å²) in [5.41, 5.74) is 3.77. The molecule has 0 aliphatic heterocycles. The van der Waals surface area contributed by atoms with E-state index in [-0.39, 0.29) is 6.04 Å². The van der Waals surface area contributed by atoms with E-state index < -0.39 is 0 Å². The van der Waals surface area contributed by atoms with Crippen molar-refractivity contribution in [3.63, 3.8) is 0 Å². The summed E-state index contributed by atoms with van der Waals surface area (Å²) in [7, 11) is 0. The molecule has 1 atom stereocenters. The van der Waals surface area contributed by atoms with Crippen molar-refractivity contribution in [3.8, 4) is 11.3 Å². The van der Waals surface area contributed by atoms with Crippen LogP contribution < -0.4 is 5.32 Å². The van der Waals surface area contributed by atoms with Crippen molar-refractivity contribution in [2.24, 2.45) is 0 Å². The Hall–Kier alpha value is -3.28. The van der Waals surface area contributed by atoms with E-state index in [0.29, 0.717) is 0 Å². The third-order valence-electron chi connectivity index (χ3n) is 3.96. The highest BCUT2D eigenvalue weighted by molar-refractivity contribution is 5.66. The van der Waals surface area contributed by atoms with Crippen LogP contribution in [0.3, 0.4) is 0 Å². The number of anilines is 1. The molecular formula is C19H18N6. The van der Waals surface area contributed by atoms with Crippen molar-refractivity contribution in [2.45, 2.75) is 19.4 Å². The summed E-state index contributed by atoms with van der Waals surface area (Å²) in [5, 5.41) is 7.90. The van der Waals surface area contributed by atoms with Crippen LogP contribution in [-0.2, 0) is 6.42 Å². The topological polar surface area (TPSA) is 68.0 Å². The minimum absolute atomic E-state index is 0.176. The molecule has 0 amide bonds. The SMILES string of the molecule is C[C@@H](Cc1cnccn1)Nc1cc(-c2ccccc2)nc2ccnn12. The minimum atomic E-state index is 0.176. The largest absolute Gasteiger partial charge is 0.367 e. The lowest BCUT2D eigenvalue weighted by molar-refractivity contribution is 0.750. The molecule has 1 aromatic carbocycles. The number of nitrogens with one attached hydrogen (secondary N) is 1. The number of fused-ring (bicyclic) bond motifs is 1. The minimum Gasteiger partial charge on any atom is -0.367 e. The van der Waals surface area contributed by atoms with E-state index in [9.17, 15) is 0 Å². The highest BCUT2D eigenvalue weighted by atomic mass is 15.3. The van der Waals surface area contributed by atoms with Crippen LogP contribution in [0.2, 0.25) is 0 Å². The normalized spacial score (nSPS) is 12.2. The van der Waals surface area contributed by atoms with Gasteiger partial charge in [0.2, 0.25) is 0 Å². The molecule has 0 fully saturated rings. The van der Waals surface area contributed by atoms with E-state index in [0.717, 1.165) is 34.8 Å². The fourth-order valence-corrected chi connectivity index (χ4v) is 2.83. The second-order valence-corrected chi connectivity index (χ2v) is 5.94. The lowest BCUT2D eigenvalue weighted by atomic mass is 10.1. The van der Waals surface area contributed by atoms with Gasteiger partial charge in [0.25, 0.3) is 0 Å². The molecule has 25 heavy (non-hydrogen) atoms. The van der Waals surface area contributed by atoms with Gasteiger partial charge in [-0.2, -0.15) is 9.61 Å². The molecule has 0 radical (unpaired) electrons. The first-order chi connectivity index (χ1) is 12.3. The molecule has 0 bridgehead atoms. The first-order valence-electron chi connectivity index (χ1n) is 8.21. The third kappa shape index (κ3) is 3.33. The average Bonchev–Trinajstić information content (AvgIpc) is 3.12. The second kappa shape index (κ2) is 6.68. The molecule has 3 aromatic heterocycles. The molecule has 0 spiro atoms. The van der Waals surface area contributed by atoms with Crippen LogP contribution >= 0.6 is 0 Å². The maximum atomic E-state index is 4.70. The van der Waals surface area contributed by atoms with E-state index in [2.05, 4.69) is 39.4 Å². The lowest BCUT2D eigenvalue weighted by Gasteiger charge is -2.16. The molecule has 0 saturated carbocycles. The zero-order valence-electron chi connectivity index (χ0n) is 13.9. The maximum absolute atomic E-state index is 4.70. The van der Waals surface area contributed by atoms with Crippen LogP contribution in [0.1, 0.15) is 12.6 Å². The van der Waals surface area contributed by atoms with Crippen molar-refractivity contribution in [3.05, 3.63) is 72.9 Å². The molecular weight excluding hydrogens is 312 g/mol. The molecule has 6 nitrogen and oxygen atoms in total. The smallest absolute Gasteiger partial charge is 0.157 e. The predicted molar refractivity (Wildman–Crippen MR) is 97.2 cm³/mol. The van der Waals surface area contributed by atoms with E-state index in [1.165, 1.54) is 0 Å². The van der Waals surface area contributed by atoms with Crippen molar-refractivity contribution < 1.29 is 0 Å². The van der Waals surface area contributed by atoms with Crippen molar-refractivity contribution in [2.75, 3.05) is 5.32 Å².